The van der Waals surface area contributed by atoms with Crippen LogP contribution in [0.5, 0.6) is 0 Å². The first-order valence-electron chi connectivity index (χ1n) is 4.79. The number of aryl methyl sites for hydroxylation is 1. The van der Waals surface area contributed by atoms with Crippen LogP contribution in [0.3, 0.4) is 0 Å². The lowest BCUT2D eigenvalue weighted by Gasteiger charge is -2.02. The molecule has 0 radical (unpaired) electrons. The standard InChI is InChI=1S/C9H8N6O2S/c1-5-2-11-9(12-3-5)18-8-6(15(16)17)7(10)13-4-14-8/h2-4H,1H3,(H2,10,13,14). The van der Waals surface area contributed by atoms with E-state index in [9.17, 15) is 10.1 Å². The molecule has 0 spiro atoms. The number of nitrogen functional groups attached to an aromatic ring is 1. The number of aromatic nitrogens is 4. The molecule has 2 rings (SSSR count). The third-order valence-electron chi connectivity index (χ3n) is 1.94. The number of hydrogen-bond donors (Lipinski definition) is 1. The molecular formula is C9H8N6O2S. The highest BCUT2D eigenvalue weighted by Gasteiger charge is 2.22. The van der Waals surface area contributed by atoms with E-state index >= 15 is 0 Å². The van der Waals surface area contributed by atoms with Crippen LogP contribution in [-0.4, -0.2) is 24.9 Å². The van der Waals surface area contributed by atoms with Crippen LogP contribution < -0.4 is 5.73 Å². The van der Waals surface area contributed by atoms with Gasteiger partial charge in [-0.2, -0.15) is 0 Å². The van der Waals surface area contributed by atoms with E-state index in [-0.39, 0.29) is 16.5 Å². The summed E-state index contributed by atoms with van der Waals surface area (Å²) in [7, 11) is 0. The summed E-state index contributed by atoms with van der Waals surface area (Å²) < 4.78 is 0. The van der Waals surface area contributed by atoms with Gasteiger partial charge in [-0.1, -0.05) is 0 Å². The molecule has 0 aliphatic heterocycles. The van der Waals surface area contributed by atoms with Crippen LogP contribution >= 0.6 is 11.8 Å². The maximum atomic E-state index is 10.9. The predicted octanol–water partition coefficient (Wildman–Crippen LogP) is 1.22. The minimum atomic E-state index is -0.619. The molecule has 2 N–H and O–H groups in total. The lowest BCUT2D eigenvalue weighted by molar-refractivity contribution is -0.387. The Balaban J connectivity index is 2.37. The fourth-order valence-corrected chi connectivity index (χ4v) is 1.90. The van der Waals surface area contributed by atoms with Gasteiger partial charge in [0.05, 0.1) is 4.92 Å². The summed E-state index contributed by atoms with van der Waals surface area (Å²) in [5, 5.41) is 11.4. The van der Waals surface area contributed by atoms with Gasteiger partial charge in [0.25, 0.3) is 0 Å². The van der Waals surface area contributed by atoms with Gasteiger partial charge >= 0.3 is 5.69 Å². The van der Waals surface area contributed by atoms with Crippen molar-refractivity contribution in [1.29, 1.82) is 0 Å². The SMILES string of the molecule is Cc1cnc(Sc2ncnc(N)c2[N+](=O)[O-])nc1. The molecule has 0 amide bonds. The van der Waals surface area contributed by atoms with Crippen molar-refractivity contribution < 1.29 is 4.92 Å². The highest BCUT2D eigenvalue weighted by molar-refractivity contribution is 7.99. The molecule has 2 aromatic rings. The average molecular weight is 264 g/mol. The molecule has 0 saturated heterocycles. The van der Waals surface area contributed by atoms with Crippen molar-refractivity contribution in [2.45, 2.75) is 17.1 Å². The highest BCUT2D eigenvalue weighted by Crippen LogP contribution is 2.33. The summed E-state index contributed by atoms with van der Waals surface area (Å²) >= 11 is 0.970. The number of rotatable bonds is 3. The molecule has 18 heavy (non-hydrogen) atoms. The Morgan fingerprint density at radius 2 is 1.94 bits per heavy atom. The molecule has 2 aromatic heterocycles. The normalized spacial score (nSPS) is 10.3. The molecule has 0 aliphatic rings. The van der Waals surface area contributed by atoms with Gasteiger partial charge in [-0.15, -0.1) is 0 Å². The summed E-state index contributed by atoms with van der Waals surface area (Å²) in [6.45, 7) is 1.85. The maximum absolute atomic E-state index is 10.9. The summed E-state index contributed by atoms with van der Waals surface area (Å²) in [5.74, 6) is -0.176. The number of nitro groups is 1. The number of nitrogens with two attached hydrogens (primary N) is 1. The van der Waals surface area contributed by atoms with E-state index in [1.807, 2.05) is 6.92 Å². The van der Waals surface area contributed by atoms with Crippen molar-refractivity contribution in [2.24, 2.45) is 0 Å². The third kappa shape index (κ3) is 2.51. The van der Waals surface area contributed by atoms with E-state index in [0.29, 0.717) is 5.16 Å². The van der Waals surface area contributed by atoms with E-state index in [0.717, 1.165) is 17.3 Å². The smallest absolute Gasteiger partial charge is 0.343 e. The molecule has 0 fully saturated rings. The molecular weight excluding hydrogens is 256 g/mol. The van der Waals surface area contributed by atoms with Crippen LogP contribution in [-0.2, 0) is 0 Å². The molecule has 0 saturated carbocycles. The van der Waals surface area contributed by atoms with Crippen molar-refractivity contribution in [3.63, 3.8) is 0 Å². The molecule has 0 bridgehead atoms. The summed E-state index contributed by atoms with van der Waals surface area (Å²) in [6, 6.07) is 0. The van der Waals surface area contributed by atoms with Crippen molar-refractivity contribution in [1.82, 2.24) is 19.9 Å². The minimum Gasteiger partial charge on any atom is -0.378 e. The van der Waals surface area contributed by atoms with Crippen molar-refractivity contribution in [2.75, 3.05) is 5.73 Å². The van der Waals surface area contributed by atoms with Gasteiger partial charge in [0.15, 0.2) is 10.2 Å². The Morgan fingerprint density at radius 3 is 2.56 bits per heavy atom. The van der Waals surface area contributed by atoms with E-state index in [1.165, 1.54) is 6.33 Å². The van der Waals surface area contributed by atoms with Crippen LogP contribution in [0.4, 0.5) is 11.5 Å². The Morgan fingerprint density at radius 1 is 1.28 bits per heavy atom. The molecule has 2 heterocycles. The van der Waals surface area contributed by atoms with Crippen LogP contribution in [0.1, 0.15) is 5.56 Å². The topological polar surface area (TPSA) is 121 Å². The van der Waals surface area contributed by atoms with Crippen molar-refractivity contribution in [3.8, 4) is 0 Å². The second-order valence-corrected chi connectivity index (χ2v) is 4.27. The van der Waals surface area contributed by atoms with E-state index in [2.05, 4.69) is 19.9 Å². The second kappa shape index (κ2) is 4.92. The highest BCUT2D eigenvalue weighted by atomic mass is 32.2. The van der Waals surface area contributed by atoms with Crippen molar-refractivity contribution in [3.05, 3.63) is 34.4 Å². The summed E-state index contributed by atoms with van der Waals surface area (Å²) in [4.78, 5) is 25.7. The van der Waals surface area contributed by atoms with Crippen LogP contribution in [0.25, 0.3) is 0 Å². The molecule has 0 aliphatic carbocycles. The lowest BCUT2D eigenvalue weighted by atomic mass is 10.4. The first-order valence-corrected chi connectivity index (χ1v) is 5.61. The fraction of sp³-hybridized carbons (Fsp3) is 0.111. The third-order valence-corrected chi connectivity index (χ3v) is 2.83. The van der Waals surface area contributed by atoms with Crippen LogP contribution in [0.2, 0.25) is 0 Å². The molecule has 92 valence electrons. The van der Waals surface area contributed by atoms with Gasteiger partial charge < -0.3 is 5.73 Å². The zero-order chi connectivity index (χ0) is 13.1. The fourth-order valence-electron chi connectivity index (χ4n) is 1.14. The minimum absolute atomic E-state index is 0.122. The van der Waals surface area contributed by atoms with Gasteiger partial charge in [-0.3, -0.25) is 10.1 Å². The van der Waals surface area contributed by atoms with E-state index < -0.39 is 4.92 Å². The Kier molecular flexibility index (Phi) is 3.33. The maximum Gasteiger partial charge on any atom is 0.343 e. The number of hydrogen-bond acceptors (Lipinski definition) is 8. The summed E-state index contributed by atoms with van der Waals surface area (Å²) in [5.41, 5.74) is 6.03. The summed E-state index contributed by atoms with van der Waals surface area (Å²) in [6.07, 6.45) is 4.40. The second-order valence-electron chi connectivity index (χ2n) is 3.31. The molecule has 0 atom stereocenters. The van der Waals surface area contributed by atoms with Crippen LogP contribution in [0.15, 0.2) is 28.9 Å². The Hall–Kier alpha value is -2.29. The van der Waals surface area contributed by atoms with Gasteiger partial charge in [-0.25, -0.2) is 19.9 Å². The average Bonchev–Trinajstić information content (AvgIpc) is 2.32. The van der Waals surface area contributed by atoms with Gasteiger partial charge in [0.1, 0.15) is 6.33 Å². The van der Waals surface area contributed by atoms with Gasteiger partial charge in [-0.05, 0) is 24.2 Å². The molecule has 0 unspecified atom stereocenters. The first-order chi connectivity index (χ1) is 8.58. The molecule has 0 aromatic carbocycles. The molecule has 8 nitrogen and oxygen atoms in total. The Labute approximate surface area is 106 Å². The van der Waals surface area contributed by atoms with Gasteiger partial charge in [0.2, 0.25) is 5.82 Å². The van der Waals surface area contributed by atoms with E-state index in [4.69, 9.17) is 5.73 Å². The van der Waals surface area contributed by atoms with Crippen molar-refractivity contribution >= 4 is 23.3 Å². The zero-order valence-corrected chi connectivity index (χ0v) is 10.1. The number of anilines is 1. The van der Waals surface area contributed by atoms with Crippen LogP contribution in [0, 0.1) is 17.0 Å². The largest absolute Gasteiger partial charge is 0.378 e. The lowest BCUT2D eigenvalue weighted by Crippen LogP contribution is -2.02. The zero-order valence-electron chi connectivity index (χ0n) is 9.27. The number of nitrogens with zero attached hydrogens (tertiary/aromatic N) is 5. The Bertz CT molecular complexity index is 588. The first kappa shape index (κ1) is 12.2. The van der Waals surface area contributed by atoms with Gasteiger partial charge in [0, 0.05) is 12.4 Å². The quantitative estimate of drug-likeness (QED) is 0.380. The predicted molar refractivity (Wildman–Crippen MR) is 64.0 cm³/mol. The monoisotopic (exact) mass is 264 g/mol. The van der Waals surface area contributed by atoms with E-state index in [1.54, 1.807) is 12.4 Å². The molecule has 9 heteroatoms.